The highest BCUT2D eigenvalue weighted by Crippen LogP contribution is 2.28. The highest BCUT2D eigenvalue weighted by atomic mass is 35.5. The Hall–Kier alpha value is -1.87. The molecule has 0 saturated heterocycles. The molecule has 2 aromatic rings. The predicted molar refractivity (Wildman–Crippen MR) is 87.4 cm³/mol. The Labute approximate surface area is 130 Å². The van der Waals surface area contributed by atoms with Crippen LogP contribution in [0.2, 0.25) is 5.02 Å². The third kappa shape index (κ3) is 4.30. The van der Waals surface area contributed by atoms with Crippen LogP contribution >= 0.6 is 11.6 Å². The molecule has 0 spiro atoms. The Morgan fingerprint density at radius 3 is 2.76 bits per heavy atom. The first kappa shape index (κ1) is 15.5. The Kier molecular flexibility index (Phi) is 5.34. The normalized spacial score (nSPS) is 10.4. The van der Waals surface area contributed by atoms with Crippen molar-refractivity contribution >= 4 is 17.3 Å². The molecule has 0 heterocycles. The summed E-state index contributed by atoms with van der Waals surface area (Å²) in [6.07, 6.45) is 0.961. The average molecular weight is 306 g/mol. The largest absolute Gasteiger partial charge is 0.508 e. The molecule has 2 N–H and O–H groups in total. The lowest BCUT2D eigenvalue weighted by Crippen LogP contribution is -2.04. The van der Waals surface area contributed by atoms with Crippen molar-refractivity contribution in [2.75, 3.05) is 11.9 Å². The molecule has 2 aromatic carbocycles. The summed E-state index contributed by atoms with van der Waals surface area (Å²) in [6, 6.07) is 11.0. The first-order chi connectivity index (χ1) is 10.1. The second-order valence-corrected chi connectivity index (χ2v) is 5.41. The van der Waals surface area contributed by atoms with Crippen LogP contribution in [0.5, 0.6) is 11.5 Å². The number of hydrogen-bond acceptors (Lipinski definition) is 3. The number of phenols is 1. The number of halogens is 1. The molecule has 21 heavy (non-hydrogen) atoms. The minimum Gasteiger partial charge on any atom is -0.508 e. The lowest BCUT2D eigenvalue weighted by molar-refractivity contribution is 0.318. The molecule has 0 aliphatic rings. The maximum Gasteiger partial charge on any atom is 0.142 e. The van der Waals surface area contributed by atoms with Crippen LogP contribution in [-0.4, -0.2) is 11.7 Å². The summed E-state index contributed by atoms with van der Waals surface area (Å²) in [5, 5.41) is 13.7. The zero-order chi connectivity index (χ0) is 15.2. The van der Waals surface area contributed by atoms with E-state index in [4.69, 9.17) is 16.3 Å². The van der Waals surface area contributed by atoms with E-state index < -0.39 is 0 Å². The molecule has 0 aromatic heterocycles. The molecule has 2 rings (SSSR count). The second kappa shape index (κ2) is 7.23. The molecule has 0 saturated carbocycles. The number of benzene rings is 2. The summed E-state index contributed by atoms with van der Waals surface area (Å²) in [6.45, 7) is 5.27. The van der Waals surface area contributed by atoms with Crippen LogP contribution in [0.15, 0.2) is 36.4 Å². The van der Waals surface area contributed by atoms with Gasteiger partial charge in [-0.2, -0.15) is 0 Å². The molecular weight excluding hydrogens is 286 g/mol. The van der Waals surface area contributed by atoms with Gasteiger partial charge in [0.15, 0.2) is 0 Å². The quantitative estimate of drug-likeness (QED) is 0.809. The van der Waals surface area contributed by atoms with E-state index in [0.29, 0.717) is 18.2 Å². The predicted octanol–water partition coefficient (Wildman–Crippen LogP) is 4.75. The zero-order valence-electron chi connectivity index (χ0n) is 12.3. The van der Waals surface area contributed by atoms with Crippen LogP contribution in [0.4, 0.5) is 5.69 Å². The summed E-state index contributed by atoms with van der Waals surface area (Å²) in [5.41, 5.74) is 2.81. The number of ether oxygens (including phenoxy) is 1. The fraction of sp³-hybridized carbons (Fsp3) is 0.294. The van der Waals surface area contributed by atoms with Crippen LogP contribution < -0.4 is 10.1 Å². The highest BCUT2D eigenvalue weighted by molar-refractivity contribution is 6.30. The fourth-order valence-electron chi connectivity index (χ4n) is 1.99. The highest BCUT2D eigenvalue weighted by Gasteiger charge is 2.06. The maximum atomic E-state index is 9.84. The van der Waals surface area contributed by atoms with E-state index in [0.717, 1.165) is 29.0 Å². The van der Waals surface area contributed by atoms with Gasteiger partial charge in [0.2, 0.25) is 0 Å². The summed E-state index contributed by atoms with van der Waals surface area (Å²) in [7, 11) is 0. The van der Waals surface area contributed by atoms with Gasteiger partial charge in [-0.05, 0) is 49.2 Å². The van der Waals surface area contributed by atoms with Gasteiger partial charge < -0.3 is 15.2 Å². The molecule has 0 fully saturated rings. The maximum absolute atomic E-state index is 9.84. The van der Waals surface area contributed by atoms with Crippen LogP contribution in [0, 0.1) is 6.92 Å². The van der Waals surface area contributed by atoms with Crippen LogP contribution in [-0.2, 0) is 6.54 Å². The van der Waals surface area contributed by atoms with Crippen molar-refractivity contribution in [1.29, 1.82) is 0 Å². The smallest absolute Gasteiger partial charge is 0.142 e. The summed E-state index contributed by atoms with van der Waals surface area (Å²) < 4.78 is 5.76. The molecule has 0 aliphatic carbocycles. The van der Waals surface area contributed by atoms with Crippen molar-refractivity contribution in [2.45, 2.75) is 26.8 Å². The van der Waals surface area contributed by atoms with Gasteiger partial charge >= 0.3 is 0 Å². The number of aryl methyl sites for hydroxylation is 1. The van der Waals surface area contributed by atoms with E-state index in [1.54, 1.807) is 18.2 Å². The van der Waals surface area contributed by atoms with Crippen LogP contribution in [0.1, 0.15) is 24.5 Å². The van der Waals surface area contributed by atoms with E-state index in [-0.39, 0.29) is 5.75 Å². The first-order valence-corrected chi connectivity index (χ1v) is 7.42. The minimum absolute atomic E-state index is 0.232. The number of phenolic OH excluding ortho intramolecular Hbond substituents is 1. The molecule has 0 unspecified atom stereocenters. The molecule has 0 aliphatic heterocycles. The van der Waals surface area contributed by atoms with E-state index in [9.17, 15) is 5.11 Å². The lowest BCUT2D eigenvalue weighted by Gasteiger charge is -2.14. The van der Waals surface area contributed by atoms with Gasteiger partial charge in [0.25, 0.3) is 0 Å². The van der Waals surface area contributed by atoms with Crippen molar-refractivity contribution in [3.05, 3.63) is 52.5 Å². The van der Waals surface area contributed by atoms with E-state index >= 15 is 0 Å². The van der Waals surface area contributed by atoms with Crippen molar-refractivity contribution < 1.29 is 9.84 Å². The van der Waals surface area contributed by atoms with Gasteiger partial charge in [0.1, 0.15) is 11.5 Å². The average Bonchev–Trinajstić information content (AvgIpc) is 2.47. The van der Waals surface area contributed by atoms with Crippen molar-refractivity contribution in [3.63, 3.8) is 0 Å². The molecule has 4 heteroatoms. The van der Waals surface area contributed by atoms with Crippen molar-refractivity contribution in [2.24, 2.45) is 0 Å². The topological polar surface area (TPSA) is 41.5 Å². The SMILES string of the molecule is CCCOc1cc(C)ccc1NCc1cc(Cl)ccc1O. The van der Waals surface area contributed by atoms with E-state index in [2.05, 4.69) is 12.2 Å². The van der Waals surface area contributed by atoms with E-state index in [1.807, 2.05) is 25.1 Å². The van der Waals surface area contributed by atoms with Gasteiger partial charge in [-0.25, -0.2) is 0 Å². The first-order valence-electron chi connectivity index (χ1n) is 7.05. The van der Waals surface area contributed by atoms with Crippen molar-refractivity contribution in [1.82, 2.24) is 0 Å². The number of hydrogen-bond donors (Lipinski definition) is 2. The van der Waals surface area contributed by atoms with Gasteiger partial charge in [-0.1, -0.05) is 24.6 Å². The molecule has 112 valence electrons. The summed E-state index contributed by atoms with van der Waals surface area (Å²) >= 11 is 5.96. The van der Waals surface area contributed by atoms with Gasteiger partial charge in [-0.3, -0.25) is 0 Å². The second-order valence-electron chi connectivity index (χ2n) is 4.97. The minimum atomic E-state index is 0.232. The Morgan fingerprint density at radius 2 is 2.00 bits per heavy atom. The third-order valence-electron chi connectivity index (χ3n) is 3.11. The number of aromatic hydroxyl groups is 1. The number of nitrogens with one attached hydrogen (secondary N) is 1. The van der Waals surface area contributed by atoms with Crippen LogP contribution in [0.25, 0.3) is 0 Å². The summed E-state index contributed by atoms with van der Waals surface area (Å²) in [5.74, 6) is 1.06. The Bertz CT molecular complexity index is 614. The fourth-order valence-corrected chi connectivity index (χ4v) is 2.19. The van der Waals surface area contributed by atoms with Gasteiger partial charge in [-0.15, -0.1) is 0 Å². The summed E-state index contributed by atoms with van der Waals surface area (Å²) in [4.78, 5) is 0. The van der Waals surface area contributed by atoms with Gasteiger partial charge in [0, 0.05) is 17.1 Å². The monoisotopic (exact) mass is 305 g/mol. The molecule has 0 atom stereocenters. The van der Waals surface area contributed by atoms with Crippen molar-refractivity contribution in [3.8, 4) is 11.5 Å². The molecular formula is C17H20ClNO2. The van der Waals surface area contributed by atoms with E-state index in [1.165, 1.54) is 0 Å². The number of rotatable bonds is 6. The molecule has 0 radical (unpaired) electrons. The molecule has 3 nitrogen and oxygen atoms in total. The number of anilines is 1. The zero-order valence-corrected chi connectivity index (χ0v) is 13.1. The standard InChI is InChI=1S/C17H20ClNO2/c1-3-8-21-17-9-12(2)4-6-15(17)19-11-13-10-14(18)5-7-16(13)20/h4-7,9-10,19-20H,3,8,11H2,1-2H3. The lowest BCUT2D eigenvalue weighted by atomic mass is 10.1. The van der Waals surface area contributed by atoms with Crippen LogP contribution in [0.3, 0.4) is 0 Å². The Balaban J connectivity index is 2.13. The molecule has 0 bridgehead atoms. The Morgan fingerprint density at radius 1 is 1.19 bits per heavy atom. The van der Waals surface area contributed by atoms with Gasteiger partial charge in [0.05, 0.1) is 12.3 Å². The third-order valence-corrected chi connectivity index (χ3v) is 3.34. The molecule has 0 amide bonds.